The summed E-state index contributed by atoms with van der Waals surface area (Å²) in [6.45, 7) is 5.75. The fraction of sp³-hybridized carbons (Fsp3) is 0.696. The van der Waals surface area contributed by atoms with Gasteiger partial charge in [-0.15, -0.1) is 0 Å². The SMILES string of the molecule is O=C1OCCN1[C@H]1CC[C@H](CCN2CCN(c3cccc(Cl)c3Cl)C3(CC3)C2)CC1. The van der Waals surface area contributed by atoms with Gasteiger partial charge in [0.1, 0.15) is 6.61 Å². The lowest BCUT2D eigenvalue weighted by Crippen LogP contribution is -2.55. The van der Waals surface area contributed by atoms with Crippen LogP contribution in [0.5, 0.6) is 0 Å². The molecular weight excluding hydrogens is 421 g/mol. The summed E-state index contributed by atoms with van der Waals surface area (Å²) in [4.78, 5) is 18.9. The topological polar surface area (TPSA) is 36.0 Å². The predicted octanol–water partition coefficient (Wildman–Crippen LogP) is 5.05. The smallest absolute Gasteiger partial charge is 0.410 e. The van der Waals surface area contributed by atoms with E-state index < -0.39 is 0 Å². The second-order valence-corrected chi connectivity index (χ2v) is 10.3. The van der Waals surface area contributed by atoms with Gasteiger partial charge < -0.3 is 14.5 Å². The van der Waals surface area contributed by atoms with Gasteiger partial charge in [-0.2, -0.15) is 0 Å². The Hall–Kier alpha value is -1.17. The summed E-state index contributed by atoms with van der Waals surface area (Å²) < 4.78 is 5.11. The van der Waals surface area contributed by atoms with E-state index in [1.807, 2.05) is 17.0 Å². The van der Waals surface area contributed by atoms with Gasteiger partial charge in [-0.25, -0.2) is 4.79 Å². The maximum Gasteiger partial charge on any atom is 0.410 e. The molecule has 7 heteroatoms. The normalized spacial score (nSPS) is 28.8. The summed E-state index contributed by atoms with van der Waals surface area (Å²) in [5, 5.41) is 1.34. The molecule has 164 valence electrons. The van der Waals surface area contributed by atoms with Crippen LogP contribution in [0.4, 0.5) is 10.5 Å². The van der Waals surface area contributed by atoms with E-state index in [2.05, 4.69) is 15.9 Å². The highest BCUT2D eigenvalue weighted by Gasteiger charge is 2.51. The van der Waals surface area contributed by atoms with Gasteiger partial charge in [0, 0.05) is 25.7 Å². The van der Waals surface area contributed by atoms with Crippen LogP contribution in [0.1, 0.15) is 44.9 Å². The Bertz CT molecular complexity index is 793. The van der Waals surface area contributed by atoms with Crippen LogP contribution in [0.15, 0.2) is 18.2 Å². The van der Waals surface area contributed by atoms with Gasteiger partial charge in [-0.1, -0.05) is 29.3 Å². The molecule has 1 spiro atoms. The molecule has 2 saturated heterocycles. The summed E-state index contributed by atoms with van der Waals surface area (Å²) in [5.74, 6) is 0.787. The first-order valence-electron chi connectivity index (χ1n) is 11.4. The van der Waals surface area contributed by atoms with Gasteiger partial charge in [0.05, 0.1) is 27.8 Å². The van der Waals surface area contributed by atoms with E-state index in [-0.39, 0.29) is 11.6 Å². The lowest BCUT2D eigenvalue weighted by Gasteiger charge is -2.44. The van der Waals surface area contributed by atoms with E-state index >= 15 is 0 Å². The van der Waals surface area contributed by atoms with Crippen LogP contribution in [0.3, 0.4) is 0 Å². The Morgan fingerprint density at radius 2 is 1.87 bits per heavy atom. The first-order valence-corrected chi connectivity index (χ1v) is 12.2. The minimum absolute atomic E-state index is 0.106. The van der Waals surface area contributed by atoms with E-state index in [0.717, 1.165) is 50.6 Å². The van der Waals surface area contributed by atoms with Crippen molar-refractivity contribution in [3.8, 4) is 0 Å². The molecule has 0 N–H and O–H groups in total. The third-order valence-electron chi connectivity index (χ3n) is 7.68. The summed E-state index contributed by atoms with van der Waals surface area (Å²) in [7, 11) is 0. The van der Waals surface area contributed by atoms with Crippen molar-refractivity contribution in [2.24, 2.45) is 5.92 Å². The third-order valence-corrected chi connectivity index (χ3v) is 8.49. The second-order valence-electron chi connectivity index (χ2n) is 9.50. The van der Waals surface area contributed by atoms with Gasteiger partial charge in [-0.05, 0) is 69.5 Å². The van der Waals surface area contributed by atoms with Crippen LogP contribution < -0.4 is 4.90 Å². The van der Waals surface area contributed by atoms with Crippen LogP contribution in [0.2, 0.25) is 10.0 Å². The van der Waals surface area contributed by atoms with Crippen molar-refractivity contribution in [3.05, 3.63) is 28.2 Å². The lowest BCUT2D eigenvalue weighted by atomic mass is 9.83. The second kappa shape index (κ2) is 8.40. The van der Waals surface area contributed by atoms with Crippen molar-refractivity contribution < 1.29 is 9.53 Å². The molecule has 5 nitrogen and oxygen atoms in total. The minimum Gasteiger partial charge on any atom is -0.448 e. The Morgan fingerprint density at radius 3 is 2.57 bits per heavy atom. The summed E-state index contributed by atoms with van der Waals surface area (Å²) in [6.07, 6.45) is 8.37. The molecule has 2 aliphatic heterocycles. The van der Waals surface area contributed by atoms with E-state index in [1.165, 1.54) is 38.6 Å². The molecule has 0 aromatic heterocycles. The molecule has 30 heavy (non-hydrogen) atoms. The number of ether oxygens (including phenoxy) is 1. The maximum absolute atomic E-state index is 11.8. The first-order chi connectivity index (χ1) is 14.6. The number of carbonyl (C=O) groups is 1. The highest BCUT2D eigenvalue weighted by atomic mass is 35.5. The van der Waals surface area contributed by atoms with Crippen LogP contribution in [-0.2, 0) is 4.74 Å². The molecule has 0 radical (unpaired) electrons. The number of hydrogen-bond donors (Lipinski definition) is 0. The van der Waals surface area contributed by atoms with Gasteiger partial charge in [0.2, 0.25) is 0 Å². The number of halogens is 2. The summed E-state index contributed by atoms with van der Waals surface area (Å²) in [6, 6.07) is 6.38. The Morgan fingerprint density at radius 1 is 1.07 bits per heavy atom. The van der Waals surface area contributed by atoms with Crippen molar-refractivity contribution in [2.45, 2.75) is 56.5 Å². The summed E-state index contributed by atoms with van der Waals surface area (Å²) in [5.41, 5.74) is 1.35. The number of carbonyl (C=O) groups excluding carboxylic acids is 1. The fourth-order valence-electron chi connectivity index (χ4n) is 5.75. The van der Waals surface area contributed by atoms with Crippen molar-refractivity contribution in [1.82, 2.24) is 9.80 Å². The molecule has 2 saturated carbocycles. The molecule has 2 aliphatic carbocycles. The average molecular weight is 452 g/mol. The van der Waals surface area contributed by atoms with Crippen LogP contribution in [0, 0.1) is 5.92 Å². The predicted molar refractivity (Wildman–Crippen MR) is 121 cm³/mol. The van der Waals surface area contributed by atoms with E-state index in [4.69, 9.17) is 27.9 Å². The molecule has 0 unspecified atom stereocenters. The molecule has 0 atom stereocenters. The summed E-state index contributed by atoms with van der Waals surface area (Å²) >= 11 is 12.8. The van der Waals surface area contributed by atoms with E-state index in [0.29, 0.717) is 22.7 Å². The number of benzene rings is 1. The van der Waals surface area contributed by atoms with Crippen LogP contribution in [0.25, 0.3) is 0 Å². The van der Waals surface area contributed by atoms with Gasteiger partial charge >= 0.3 is 6.09 Å². The van der Waals surface area contributed by atoms with Crippen molar-refractivity contribution in [2.75, 3.05) is 44.2 Å². The zero-order valence-corrected chi connectivity index (χ0v) is 19.0. The van der Waals surface area contributed by atoms with E-state index in [9.17, 15) is 4.79 Å². The zero-order chi connectivity index (χ0) is 20.7. The molecule has 1 aromatic carbocycles. The number of amides is 1. The van der Waals surface area contributed by atoms with E-state index in [1.54, 1.807) is 0 Å². The van der Waals surface area contributed by atoms with Crippen LogP contribution >= 0.6 is 23.2 Å². The molecule has 1 aromatic rings. The third kappa shape index (κ3) is 4.01. The number of anilines is 1. The Kier molecular flexibility index (Phi) is 5.80. The zero-order valence-electron chi connectivity index (χ0n) is 17.5. The number of cyclic esters (lactones) is 1. The molecule has 5 rings (SSSR count). The van der Waals surface area contributed by atoms with Gasteiger partial charge in [0.25, 0.3) is 0 Å². The maximum atomic E-state index is 11.8. The molecule has 0 bridgehead atoms. The minimum atomic E-state index is -0.106. The van der Waals surface area contributed by atoms with Crippen molar-refractivity contribution >= 4 is 35.0 Å². The number of rotatable bonds is 5. The Labute approximate surface area is 189 Å². The molecule has 4 aliphatic rings. The number of nitrogens with zero attached hydrogens (tertiary/aromatic N) is 3. The highest BCUT2D eigenvalue weighted by molar-refractivity contribution is 6.43. The standard InChI is InChI=1S/C23H31Cl2N3O2/c24-19-2-1-3-20(21(19)25)28-13-12-26(16-23(28)9-10-23)11-8-17-4-6-18(7-5-17)27-14-15-30-22(27)29/h1-3,17-18H,4-16H2/t17-,18-. The quantitative estimate of drug-likeness (QED) is 0.627. The monoisotopic (exact) mass is 451 g/mol. The highest BCUT2D eigenvalue weighted by Crippen LogP contribution is 2.49. The molecule has 4 fully saturated rings. The lowest BCUT2D eigenvalue weighted by molar-refractivity contribution is 0.127. The van der Waals surface area contributed by atoms with Crippen molar-refractivity contribution in [1.29, 1.82) is 0 Å². The molecular formula is C23H31Cl2N3O2. The number of hydrogen-bond acceptors (Lipinski definition) is 4. The largest absolute Gasteiger partial charge is 0.448 e. The average Bonchev–Trinajstić information content (AvgIpc) is 3.38. The van der Waals surface area contributed by atoms with Crippen molar-refractivity contribution in [3.63, 3.8) is 0 Å². The molecule has 1 amide bonds. The van der Waals surface area contributed by atoms with Gasteiger partial charge in [0.15, 0.2) is 0 Å². The molecule has 2 heterocycles. The van der Waals surface area contributed by atoms with Crippen LogP contribution in [-0.4, -0.2) is 66.8 Å². The Balaban J connectivity index is 1.12. The van der Waals surface area contributed by atoms with Gasteiger partial charge in [-0.3, -0.25) is 4.90 Å². The fourth-order valence-corrected chi connectivity index (χ4v) is 6.14. The first kappa shape index (κ1) is 20.7. The number of piperazine rings is 1.